The third kappa shape index (κ3) is 7.58. The number of Topliss-reactive ketones (excluding diaryl/α,β-unsaturated/α-hetero) is 1. The second-order valence-electron chi connectivity index (χ2n) is 12.7. The van der Waals surface area contributed by atoms with E-state index in [9.17, 15) is 19.2 Å². The van der Waals surface area contributed by atoms with Crippen LogP contribution in [0.25, 0.3) is 0 Å². The van der Waals surface area contributed by atoms with Crippen LogP contribution in [-0.2, 0) is 25.3 Å². The number of rotatable bonds is 11. The molecule has 4 N–H and O–H groups in total. The van der Waals surface area contributed by atoms with Gasteiger partial charge in [0.05, 0.1) is 35.3 Å². The molecule has 254 valence electrons. The molecule has 1 atom stereocenters. The number of ketones is 1. The van der Waals surface area contributed by atoms with Gasteiger partial charge in [0.1, 0.15) is 11.4 Å². The summed E-state index contributed by atoms with van der Waals surface area (Å²) in [6.07, 6.45) is 9.14. The topological polar surface area (TPSA) is 153 Å². The highest BCUT2D eigenvalue weighted by Gasteiger charge is 2.30. The van der Waals surface area contributed by atoms with E-state index in [1.165, 1.54) is 0 Å². The van der Waals surface area contributed by atoms with Crippen LogP contribution in [0.3, 0.4) is 0 Å². The summed E-state index contributed by atoms with van der Waals surface area (Å²) in [4.78, 5) is 58.5. The van der Waals surface area contributed by atoms with E-state index < -0.39 is 0 Å². The Hall–Kier alpha value is -5.65. The van der Waals surface area contributed by atoms with E-state index in [0.29, 0.717) is 64.0 Å². The van der Waals surface area contributed by atoms with Crippen molar-refractivity contribution < 1.29 is 23.9 Å². The maximum atomic E-state index is 13.2. The Bertz CT molecular complexity index is 1940. The number of aryl methyl sites for hydroxylation is 3. The first kappa shape index (κ1) is 33.3. The fourth-order valence-electron chi connectivity index (χ4n) is 6.34. The van der Waals surface area contributed by atoms with Crippen LogP contribution in [0.1, 0.15) is 74.6 Å². The van der Waals surface area contributed by atoms with E-state index in [0.717, 1.165) is 31.4 Å². The molecule has 0 aliphatic carbocycles. The molecule has 2 aromatic heterocycles. The molecular weight excluding hydrogens is 622 g/mol. The highest BCUT2D eigenvalue weighted by molar-refractivity contribution is 6.04. The lowest BCUT2D eigenvalue weighted by atomic mass is 10.0. The minimum atomic E-state index is -0.297. The summed E-state index contributed by atoms with van der Waals surface area (Å²) in [6.45, 7) is 2.97. The number of anilines is 3. The van der Waals surface area contributed by atoms with E-state index >= 15 is 0 Å². The van der Waals surface area contributed by atoms with Crippen molar-refractivity contribution >= 4 is 52.5 Å². The highest BCUT2D eigenvalue weighted by atomic mass is 16.5. The Kier molecular flexibility index (Phi) is 9.65. The first-order valence-electron chi connectivity index (χ1n) is 16.5. The molecule has 0 radical (unpaired) electrons. The summed E-state index contributed by atoms with van der Waals surface area (Å²) in [5.74, 6) is 0.0147. The lowest BCUT2D eigenvalue weighted by Crippen LogP contribution is -2.43. The zero-order valence-electron chi connectivity index (χ0n) is 28.0. The van der Waals surface area contributed by atoms with Crippen molar-refractivity contribution in [2.45, 2.75) is 51.5 Å². The van der Waals surface area contributed by atoms with Crippen LogP contribution in [-0.4, -0.2) is 62.9 Å². The Balaban J connectivity index is 0.992. The van der Waals surface area contributed by atoms with Gasteiger partial charge in [0.25, 0.3) is 11.8 Å². The van der Waals surface area contributed by atoms with E-state index in [-0.39, 0.29) is 42.4 Å². The maximum Gasteiger partial charge on any atom is 0.272 e. The van der Waals surface area contributed by atoms with Crippen LogP contribution < -0.4 is 21.1 Å². The van der Waals surface area contributed by atoms with Gasteiger partial charge in [0.2, 0.25) is 5.91 Å². The number of ether oxygens (including phenoxy) is 1. The third-order valence-corrected chi connectivity index (χ3v) is 8.93. The smallest absolute Gasteiger partial charge is 0.272 e. The van der Waals surface area contributed by atoms with E-state index in [4.69, 9.17) is 10.5 Å². The molecule has 1 saturated heterocycles. The van der Waals surface area contributed by atoms with E-state index in [2.05, 4.69) is 15.6 Å². The lowest BCUT2D eigenvalue weighted by Gasteiger charge is -2.32. The number of amides is 3. The predicted molar refractivity (Wildman–Crippen MR) is 189 cm³/mol. The second kappa shape index (κ2) is 14.2. The Morgan fingerprint density at radius 2 is 1.73 bits per heavy atom. The van der Waals surface area contributed by atoms with E-state index in [1.807, 2.05) is 30.2 Å². The number of nitrogens with one attached hydrogen (secondary N) is 2. The number of aromatic nitrogens is 2. The number of aliphatic imine (C=N–C) groups is 1. The zero-order chi connectivity index (χ0) is 34.7. The number of hydrogen-bond donors (Lipinski definition) is 3. The quantitative estimate of drug-likeness (QED) is 0.110. The van der Waals surface area contributed by atoms with Crippen molar-refractivity contribution in [2.75, 3.05) is 29.5 Å². The van der Waals surface area contributed by atoms with Gasteiger partial charge in [-0.3, -0.25) is 24.2 Å². The van der Waals surface area contributed by atoms with Gasteiger partial charge < -0.3 is 35.1 Å². The average molecular weight is 664 g/mol. The SMILES string of the molecule is Cc1cc2c(cc1OCCCC(=O)Nc1cc(C(=O)Cc3cc(C(=O)Nc4ccc(N)cc4)n(C)c3)n(C)c1)N=C[C@@H]1CCCCN1C2=O. The lowest BCUT2D eigenvalue weighted by molar-refractivity contribution is -0.116. The van der Waals surface area contributed by atoms with Crippen LogP contribution in [0.2, 0.25) is 0 Å². The number of hydrogen-bond acceptors (Lipinski definition) is 7. The molecule has 1 fully saturated rings. The zero-order valence-corrected chi connectivity index (χ0v) is 28.0. The van der Waals surface area contributed by atoms with Crippen LogP contribution in [0.15, 0.2) is 65.9 Å². The second-order valence-corrected chi connectivity index (χ2v) is 12.7. The number of nitrogens with zero attached hydrogens (tertiary/aromatic N) is 4. The van der Waals surface area contributed by atoms with Gasteiger partial charge in [0, 0.05) is 69.5 Å². The molecular formula is C37H41N7O5. The molecule has 49 heavy (non-hydrogen) atoms. The number of fused-ring (bicyclic) bond motifs is 2. The predicted octanol–water partition coefficient (Wildman–Crippen LogP) is 5.44. The van der Waals surface area contributed by atoms with Gasteiger partial charge in [-0.05, 0) is 86.2 Å². The Morgan fingerprint density at radius 1 is 0.959 bits per heavy atom. The molecule has 0 spiro atoms. The first-order valence-corrected chi connectivity index (χ1v) is 16.5. The molecule has 2 aliphatic heterocycles. The van der Waals surface area contributed by atoms with Crippen molar-refractivity contribution in [2.24, 2.45) is 19.1 Å². The minimum absolute atomic E-state index is 0.0129. The molecule has 2 aliphatic rings. The van der Waals surface area contributed by atoms with Crippen LogP contribution in [0.4, 0.5) is 22.7 Å². The van der Waals surface area contributed by atoms with Gasteiger partial charge in [-0.1, -0.05) is 0 Å². The highest BCUT2D eigenvalue weighted by Crippen LogP contribution is 2.33. The molecule has 12 nitrogen and oxygen atoms in total. The number of benzene rings is 2. The van der Waals surface area contributed by atoms with Crippen molar-refractivity contribution in [3.05, 3.63) is 89.0 Å². The van der Waals surface area contributed by atoms with Gasteiger partial charge in [0.15, 0.2) is 5.78 Å². The van der Waals surface area contributed by atoms with Gasteiger partial charge in [-0.2, -0.15) is 0 Å². The number of nitrogens with two attached hydrogens (primary N) is 1. The molecule has 3 amide bonds. The molecule has 2 aromatic carbocycles. The average Bonchev–Trinajstić information content (AvgIpc) is 3.60. The number of piperidine rings is 1. The summed E-state index contributed by atoms with van der Waals surface area (Å²) in [7, 11) is 3.50. The number of carbonyl (C=O) groups is 4. The minimum Gasteiger partial charge on any atom is -0.493 e. The van der Waals surface area contributed by atoms with Gasteiger partial charge in [-0.15, -0.1) is 0 Å². The monoisotopic (exact) mass is 663 g/mol. The van der Waals surface area contributed by atoms with Crippen LogP contribution >= 0.6 is 0 Å². The largest absolute Gasteiger partial charge is 0.493 e. The summed E-state index contributed by atoms with van der Waals surface area (Å²) < 4.78 is 9.37. The number of carbonyl (C=O) groups excluding carboxylic acids is 4. The van der Waals surface area contributed by atoms with Crippen molar-refractivity contribution in [1.29, 1.82) is 0 Å². The molecule has 4 aromatic rings. The fourth-order valence-corrected chi connectivity index (χ4v) is 6.34. The first-order chi connectivity index (χ1) is 23.5. The summed E-state index contributed by atoms with van der Waals surface area (Å²) in [6, 6.07) is 13.9. The van der Waals surface area contributed by atoms with Gasteiger partial charge >= 0.3 is 0 Å². The van der Waals surface area contributed by atoms with Crippen LogP contribution in [0.5, 0.6) is 5.75 Å². The summed E-state index contributed by atoms with van der Waals surface area (Å²) >= 11 is 0. The fraction of sp³-hybridized carbons (Fsp3) is 0.324. The molecule has 6 rings (SSSR count). The summed E-state index contributed by atoms with van der Waals surface area (Å²) in [5, 5.41) is 5.71. The van der Waals surface area contributed by atoms with Crippen LogP contribution in [0, 0.1) is 6.92 Å². The maximum absolute atomic E-state index is 13.2. The van der Waals surface area contributed by atoms with Crippen molar-refractivity contribution in [3.8, 4) is 5.75 Å². The Labute approximate surface area is 284 Å². The van der Waals surface area contributed by atoms with Gasteiger partial charge in [-0.25, -0.2) is 0 Å². The standard InChI is InChI=1S/C37H41N7O5/c1-23-15-29-30(39-20-28-7-4-5-13-44(28)37(29)48)19-34(23)49-14-6-8-35(46)40-27-18-31(43(3)22-27)33(45)17-24-16-32(42(2)21-24)36(47)41-26-11-9-25(38)10-12-26/h9-12,15-16,18-22,28H,4-8,13-14,17,38H2,1-3H3,(H,40,46)(H,41,47)/t28-/m0/s1. The van der Waals surface area contributed by atoms with E-state index in [1.54, 1.807) is 72.0 Å². The third-order valence-electron chi connectivity index (χ3n) is 8.93. The molecule has 12 heteroatoms. The molecule has 0 bridgehead atoms. The molecule has 4 heterocycles. The molecule has 0 unspecified atom stereocenters. The molecule has 0 saturated carbocycles. The van der Waals surface area contributed by atoms with Crippen molar-refractivity contribution in [1.82, 2.24) is 14.0 Å². The Morgan fingerprint density at radius 3 is 2.53 bits per heavy atom. The number of nitrogen functional groups attached to an aromatic ring is 1. The summed E-state index contributed by atoms with van der Waals surface area (Å²) in [5.41, 5.74) is 11.1. The van der Waals surface area contributed by atoms with Crippen molar-refractivity contribution in [3.63, 3.8) is 0 Å². The normalized spacial score (nSPS) is 15.3.